The van der Waals surface area contributed by atoms with Gasteiger partial charge < -0.3 is 5.73 Å². The Kier molecular flexibility index (Phi) is 3.50. The average Bonchev–Trinajstić information content (AvgIpc) is 2.57. The molecule has 90 valence electrons. The van der Waals surface area contributed by atoms with E-state index in [0.717, 1.165) is 28.5 Å². The Labute approximate surface area is 106 Å². The predicted molar refractivity (Wildman–Crippen MR) is 70.1 cm³/mol. The monoisotopic (exact) mass is 249 g/mol. The molecule has 2 rings (SSSR count). The molecular formula is C13H16ClN3. The second-order valence-electron chi connectivity index (χ2n) is 4.14. The average molecular weight is 250 g/mol. The smallest absolute Gasteiger partial charge is 0.0662 e. The van der Waals surface area contributed by atoms with E-state index in [1.807, 2.05) is 35.9 Å². The molecule has 4 heteroatoms. The normalized spacial score (nSPS) is 10.8. The SMILES string of the molecule is Cc1nn(Cc2ccc(Cl)cc2)c(C)c1CN. The molecule has 0 atom stereocenters. The van der Waals surface area contributed by atoms with Crippen molar-refractivity contribution in [3.05, 3.63) is 51.8 Å². The van der Waals surface area contributed by atoms with Crippen LogP contribution in [0, 0.1) is 13.8 Å². The molecule has 2 N–H and O–H groups in total. The molecule has 0 saturated carbocycles. The first-order valence-corrected chi connectivity index (χ1v) is 5.97. The number of nitrogens with zero attached hydrogens (tertiary/aromatic N) is 2. The van der Waals surface area contributed by atoms with Crippen molar-refractivity contribution in [2.45, 2.75) is 26.9 Å². The number of aryl methyl sites for hydroxylation is 1. The molecule has 0 radical (unpaired) electrons. The van der Waals surface area contributed by atoms with Gasteiger partial charge in [-0.15, -0.1) is 0 Å². The molecule has 0 aliphatic heterocycles. The number of nitrogens with two attached hydrogens (primary N) is 1. The summed E-state index contributed by atoms with van der Waals surface area (Å²) in [4.78, 5) is 0. The second-order valence-corrected chi connectivity index (χ2v) is 4.57. The maximum absolute atomic E-state index is 5.86. The molecule has 17 heavy (non-hydrogen) atoms. The molecule has 0 unspecified atom stereocenters. The number of hydrogen-bond donors (Lipinski definition) is 1. The Morgan fingerprint density at radius 2 is 1.88 bits per heavy atom. The molecule has 0 spiro atoms. The zero-order valence-corrected chi connectivity index (χ0v) is 10.8. The van der Waals surface area contributed by atoms with Crippen LogP contribution in [0.5, 0.6) is 0 Å². The minimum atomic E-state index is 0.540. The molecule has 0 bridgehead atoms. The van der Waals surface area contributed by atoms with Gasteiger partial charge in [0, 0.05) is 22.8 Å². The van der Waals surface area contributed by atoms with Crippen LogP contribution in [0.15, 0.2) is 24.3 Å². The van der Waals surface area contributed by atoms with E-state index in [2.05, 4.69) is 12.0 Å². The fourth-order valence-electron chi connectivity index (χ4n) is 1.95. The zero-order chi connectivity index (χ0) is 12.4. The van der Waals surface area contributed by atoms with Gasteiger partial charge in [0.25, 0.3) is 0 Å². The Bertz CT molecular complexity index is 514. The summed E-state index contributed by atoms with van der Waals surface area (Å²) in [6.07, 6.45) is 0. The van der Waals surface area contributed by atoms with Crippen LogP contribution in [0.4, 0.5) is 0 Å². The number of rotatable bonds is 3. The Balaban J connectivity index is 2.27. The lowest BCUT2D eigenvalue weighted by molar-refractivity contribution is 0.658. The molecule has 2 aromatic rings. The van der Waals surface area contributed by atoms with Gasteiger partial charge in [0.2, 0.25) is 0 Å². The van der Waals surface area contributed by atoms with Gasteiger partial charge in [-0.25, -0.2) is 0 Å². The van der Waals surface area contributed by atoms with Crippen LogP contribution in [0.1, 0.15) is 22.5 Å². The largest absolute Gasteiger partial charge is 0.326 e. The zero-order valence-electron chi connectivity index (χ0n) is 10.1. The second kappa shape index (κ2) is 4.90. The van der Waals surface area contributed by atoms with Crippen molar-refractivity contribution in [3.8, 4) is 0 Å². The van der Waals surface area contributed by atoms with E-state index < -0.39 is 0 Å². The van der Waals surface area contributed by atoms with E-state index in [9.17, 15) is 0 Å². The fourth-order valence-corrected chi connectivity index (χ4v) is 2.07. The number of hydrogen-bond acceptors (Lipinski definition) is 2. The van der Waals surface area contributed by atoms with Gasteiger partial charge in [-0.05, 0) is 31.5 Å². The van der Waals surface area contributed by atoms with E-state index >= 15 is 0 Å². The number of benzene rings is 1. The van der Waals surface area contributed by atoms with Crippen molar-refractivity contribution < 1.29 is 0 Å². The molecule has 0 aliphatic rings. The van der Waals surface area contributed by atoms with Crippen molar-refractivity contribution in [3.63, 3.8) is 0 Å². The van der Waals surface area contributed by atoms with Crippen molar-refractivity contribution in [1.82, 2.24) is 9.78 Å². The highest BCUT2D eigenvalue weighted by molar-refractivity contribution is 6.30. The van der Waals surface area contributed by atoms with Crippen LogP contribution in [0.3, 0.4) is 0 Å². The first-order chi connectivity index (χ1) is 8.11. The molecule has 1 aromatic heterocycles. The summed E-state index contributed by atoms with van der Waals surface area (Å²) < 4.78 is 1.99. The summed E-state index contributed by atoms with van der Waals surface area (Å²) in [5, 5.41) is 5.26. The minimum Gasteiger partial charge on any atom is -0.326 e. The van der Waals surface area contributed by atoms with Crippen LogP contribution in [0.2, 0.25) is 5.02 Å². The lowest BCUT2D eigenvalue weighted by Crippen LogP contribution is -2.05. The highest BCUT2D eigenvalue weighted by atomic mass is 35.5. The summed E-state index contributed by atoms with van der Waals surface area (Å²) >= 11 is 5.86. The maximum Gasteiger partial charge on any atom is 0.0662 e. The summed E-state index contributed by atoms with van der Waals surface area (Å²) in [7, 11) is 0. The Hall–Kier alpha value is -1.32. The first kappa shape index (κ1) is 12.1. The summed E-state index contributed by atoms with van der Waals surface area (Å²) in [6.45, 7) is 5.34. The molecule has 0 amide bonds. The molecule has 1 aromatic carbocycles. The van der Waals surface area contributed by atoms with Gasteiger partial charge in [-0.3, -0.25) is 4.68 Å². The first-order valence-electron chi connectivity index (χ1n) is 5.59. The summed E-state index contributed by atoms with van der Waals surface area (Å²) in [6, 6.07) is 7.82. The molecule has 0 fully saturated rings. The van der Waals surface area contributed by atoms with Crippen LogP contribution in [-0.4, -0.2) is 9.78 Å². The van der Waals surface area contributed by atoms with Gasteiger partial charge in [0.15, 0.2) is 0 Å². The summed E-state index contributed by atoms with van der Waals surface area (Å²) in [5.74, 6) is 0. The van der Waals surface area contributed by atoms with Crippen LogP contribution in [-0.2, 0) is 13.1 Å². The predicted octanol–water partition coefficient (Wildman–Crippen LogP) is 2.66. The van der Waals surface area contributed by atoms with Gasteiger partial charge >= 0.3 is 0 Å². The Morgan fingerprint density at radius 1 is 1.24 bits per heavy atom. The van der Waals surface area contributed by atoms with E-state index in [-0.39, 0.29) is 0 Å². The molecular weight excluding hydrogens is 234 g/mol. The lowest BCUT2D eigenvalue weighted by Gasteiger charge is -2.05. The fraction of sp³-hybridized carbons (Fsp3) is 0.308. The van der Waals surface area contributed by atoms with E-state index in [1.54, 1.807) is 0 Å². The molecule has 3 nitrogen and oxygen atoms in total. The highest BCUT2D eigenvalue weighted by Gasteiger charge is 2.09. The third-order valence-electron chi connectivity index (χ3n) is 2.98. The van der Waals surface area contributed by atoms with E-state index in [0.29, 0.717) is 6.54 Å². The van der Waals surface area contributed by atoms with Crippen molar-refractivity contribution in [2.75, 3.05) is 0 Å². The van der Waals surface area contributed by atoms with E-state index in [1.165, 1.54) is 5.56 Å². The maximum atomic E-state index is 5.86. The van der Waals surface area contributed by atoms with Crippen molar-refractivity contribution >= 4 is 11.6 Å². The lowest BCUT2D eigenvalue weighted by atomic mass is 10.2. The molecule has 0 aliphatic carbocycles. The number of halogens is 1. The highest BCUT2D eigenvalue weighted by Crippen LogP contribution is 2.15. The van der Waals surface area contributed by atoms with Gasteiger partial charge in [-0.2, -0.15) is 5.10 Å². The van der Waals surface area contributed by atoms with Crippen molar-refractivity contribution in [2.24, 2.45) is 5.73 Å². The topological polar surface area (TPSA) is 43.8 Å². The third-order valence-corrected chi connectivity index (χ3v) is 3.23. The van der Waals surface area contributed by atoms with Crippen LogP contribution >= 0.6 is 11.6 Å². The van der Waals surface area contributed by atoms with Crippen molar-refractivity contribution in [1.29, 1.82) is 0 Å². The number of aromatic nitrogens is 2. The van der Waals surface area contributed by atoms with Gasteiger partial charge in [0.05, 0.1) is 12.2 Å². The van der Waals surface area contributed by atoms with Gasteiger partial charge in [-0.1, -0.05) is 23.7 Å². The Morgan fingerprint density at radius 3 is 2.41 bits per heavy atom. The van der Waals surface area contributed by atoms with Crippen LogP contribution in [0.25, 0.3) is 0 Å². The quantitative estimate of drug-likeness (QED) is 0.909. The molecule has 1 heterocycles. The third kappa shape index (κ3) is 2.51. The minimum absolute atomic E-state index is 0.540. The standard InChI is InChI=1S/C13H16ClN3/c1-9-13(7-15)10(2)17(16-9)8-11-3-5-12(14)6-4-11/h3-6H,7-8,15H2,1-2H3. The molecule has 0 saturated heterocycles. The van der Waals surface area contributed by atoms with Crippen LogP contribution < -0.4 is 5.73 Å². The summed E-state index contributed by atoms with van der Waals surface area (Å²) in [5.41, 5.74) is 10.2. The van der Waals surface area contributed by atoms with Gasteiger partial charge in [0.1, 0.15) is 0 Å². The van der Waals surface area contributed by atoms with E-state index in [4.69, 9.17) is 17.3 Å².